The number of piperidine rings is 1. The number of hydrogen-bond donors (Lipinski definition) is 0. The number of pyridine rings is 1. The maximum Gasteiger partial charge on any atom is 0.261 e. The molecule has 25 heavy (non-hydrogen) atoms. The Morgan fingerprint density at radius 2 is 1.76 bits per heavy atom. The van der Waals surface area contributed by atoms with Crippen molar-refractivity contribution in [2.24, 2.45) is 5.41 Å². The predicted molar refractivity (Wildman–Crippen MR) is 102 cm³/mol. The average Bonchev–Trinajstić information content (AvgIpc) is 2.60. The van der Waals surface area contributed by atoms with Crippen molar-refractivity contribution >= 4 is 5.78 Å². The molecule has 3 rings (SSSR count). The lowest BCUT2D eigenvalue weighted by Crippen LogP contribution is -2.44. The molecule has 1 saturated carbocycles. The van der Waals surface area contributed by atoms with Gasteiger partial charge in [0.05, 0.1) is 5.56 Å². The average molecular weight is 342 g/mol. The summed E-state index contributed by atoms with van der Waals surface area (Å²) in [5, 5.41) is 0. The minimum Gasteiger partial charge on any atom is -0.314 e. The Labute approximate surface area is 151 Å². The maximum absolute atomic E-state index is 12.2. The highest BCUT2D eigenvalue weighted by atomic mass is 16.1. The Morgan fingerprint density at radius 3 is 2.24 bits per heavy atom. The first-order valence-corrected chi connectivity index (χ1v) is 9.27. The van der Waals surface area contributed by atoms with Crippen LogP contribution < -0.4 is 5.56 Å². The number of ketones is 1. The Balaban J connectivity index is 0.000000511. The summed E-state index contributed by atoms with van der Waals surface area (Å²) < 4.78 is 1.67. The van der Waals surface area contributed by atoms with Gasteiger partial charge in [-0.15, -0.1) is 11.8 Å². The molecule has 0 unspecified atom stereocenters. The highest BCUT2D eigenvalue weighted by Gasteiger charge is 2.39. The Bertz CT molecular complexity index is 689. The number of carbonyl (C=O) groups is 1. The number of hydrogen-bond acceptors (Lipinski definition) is 3. The number of carbonyl (C=O) groups excluding carboxylic acids is 1. The number of nitrogens with zero attached hydrogens (tertiary/aromatic N) is 2. The zero-order valence-corrected chi connectivity index (χ0v) is 15.8. The second kappa shape index (κ2) is 9.01. The SMILES string of the molecule is CC#CC.CC(=O)c1cccn(CCN2CCC3(CCC3)CC2)c1=O. The molecule has 1 spiro atoms. The Morgan fingerprint density at radius 1 is 1.12 bits per heavy atom. The molecule has 2 heterocycles. The van der Waals surface area contributed by atoms with Gasteiger partial charge in [0.2, 0.25) is 0 Å². The normalized spacial score (nSPS) is 18.4. The summed E-state index contributed by atoms with van der Waals surface area (Å²) in [6, 6.07) is 3.40. The fourth-order valence-electron chi connectivity index (χ4n) is 3.66. The van der Waals surface area contributed by atoms with Gasteiger partial charge in [-0.1, -0.05) is 6.42 Å². The van der Waals surface area contributed by atoms with Crippen LogP contribution in [0.3, 0.4) is 0 Å². The van der Waals surface area contributed by atoms with Gasteiger partial charge in [-0.3, -0.25) is 9.59 Å². The fourth-order valence-corrected chi connectivity index (χ4v) is 3.66. The van der Waals surface area contributed by atoms with E-state index in [1.807, 2.05) is 13.8 Å². The zero-order chi connectivity index (χ0) is 18.3. The van der Waals surface area contributed by atoms with Crippen LogP contribution in [-0.4, -0.2) is 34.9 Å². The molecule has 0 radical (unpaired) electrons. The minimum atomic E-state index is -0.155. The highest BCUT2D eigenvalue weighted by molar-refractivity contribution is 5.93. The molecule has 4 heteroatoms. The summed E-state index contributed by atoms with van der Waals surface area (Å²) in [4.78, 5) is 26.0. The summed E-state index contributed by atoms with van der Waals surface area (Å²) >= 11 is 0. The molecular weight excluding hydrogens is 312 g/mol. The molecule has 0 aromatic carbocycles. The van der Waals surface area contributed by atoms with Crippen molar-refractivity contribution in [3.63, 3.8) is 0 Å². The van der Waals surface area contributed by atoms with Crippen LogP contribution in [0.5, 0.6) is 0 Å². The summed E-state index contributed by atoms with van der Waals surface area (Å²) in [5.41, 5.74) is 0.809. The summed E-state index contributed by atoms with van der Waals surface area (Å²) in [5.74, 6) is 5.21. The first kappa shape index (κ1) is 19.5. The molecule has 1 aromatic heterocycles. The molecule has 2 aliphatic rings. The second-order valence-corrected chi connectivity index (χ2v) is 7.17. The van der Waals surface area contributed by atoms with E-state index in [9.17, 15) is 9.59 Å². The third-order valence-electron chi connectivity index (χ3n) is 5.64. The van der Waals surface area contributed by atoms with Crippen LogP contribution in [0.15, 0.2) is 23.1 Å². The van der Waals surface area contributed by atoms with Crippen molar-refractivity contribution < 1.29 is 4.79 Å². The van der Waals surface area contributed by atoms with Gasteiger partial charge in [0.25, 0.3) is 5.56 Å². The van der Waals surface area contributed by atoms with Gasteiger partial charge in [0, 0.05) is 19.3 Å². The van der Waals surface area contributed by atoms with Gasteiger partial charge in [-0.25, -0.2) is 0 Å². The number of rotatable bonds is 4. The Kier molecular flexibility index (Phi) is 7.01. The molecule has 1 saturated heterocycles. The van der Waals surface area contributed by atoms with Crippen LogP contribution in [0, 0.1) is 17.3 Å². The van der Waals surface area contributed by atoms with E-state index in [0.717, 1.165) is 19.6 Å². The first-order chi connectivity index (χ1) is 12.0. The van der Waals surface area contributed by atoms with Crippen LogP contribution in [0.2, 0.25) is 0 Å². The van der Waals surface area contributed by atoms with Crippen LogP contribution in [-0.2, 0) is 6.54 Å². The highest BCUT2D eigenvalue weighted by Crippen LogP contribution is 2.48. The van der Waals surface area contributed by atoms with Crippen LogP contribution in [0.4, 0.5) is 0 Å². The van der Waals surface area contributed by atoms with Crippen molar-refractivity contribution in [1.29, 1.82) is 0 Å². The number of likely N-dealkylation sites (tertiary alicyclic amines) is 1. The van der Waals surface area contributed by atoms with E-state index < -0.39 is 0 Å². The molecule has 0 atom stereocenters. The van der Waals surface area contributed by atoms with Crippen molar-refractivity contribution in [3.05, 3.63) is 34.2 Å². The summed E-state index contributed by atoms with van der Waals surface area (Å²) in [7, 11) is 0. The van der Waals surface area contributed by atoms with Gasteiger partial charge in [-0.2, -0.15) is 0 Å². The van der Waals surface area contributed by atoms with E-state index in [-0.39, 0.29) is 11.3 Å². The summed E-state index contributed by atoms with van der Waals surface area (Å²) in [6.45, 7) is 8.97. The molecule has 1 aliphatic heterocycles. The van der Waals surface area contributed by atoms with Crippen LogP contribution >= 0.6 is 0 Å². The quantitative estimate of drug-likeness (QED) is 0.622. The van der Waals surface area contributed by atoms with E-state index >= 15 is 0 Å². The van der Waals surface area contributed by atoms with Crippen molar-refractivity contribution in [3.8, 4) is 11.8 Å². The van der Waals surface area contributed by atoms with E-state index in [4.69, 9.17) is 0 Å². The molecule has 2 fully saturated rings. The lowest BCUT2D eigenvalue weighted by Gasteiger charge is -2.48. The van der Waals surface area contributed by atoms with Gasteiger partial charge in [-0.05, 0) is 77.1 Å². The van der Waals surface area contributed by atoms with Crippen molar-refractivity contribution in [1.82, 2.24) is 9.47 Å². The predicted octanol–water partition coefficient (Wildman–Crippen LogP) is 3.35. The minimum absolute atomic E-state index is 0.153. The molecular formula is C21H30N2O2. The molecule has 136 valence electrons. The summed E-state index contributed by atoms with van der Waals surface area (Å²) in [6.07, 6.45) is 8.66. The largest absolute Gasteiger partial charge is 0.314 e. The van der Waals surface area contributed by atoms with Crippen molar-refractivity contribution in [2.45, 2.75) is 59.4 Å². The van der Waals surface area contributed by atoms with Gasteiger partial charge in [0.15, 0.2) is 5.78 Å². The van der Waals surface area contributed by atoms with Gasteiger partial charge in [0.1, 0.15) is 0 Å². The lowest BCUT2D eigenvalue weighted by atomic mass is 9.63. The second-order valence-electron chi connectivity index (χ2n) is 7.17. The monoisotopic (exact) mass is 342 g/mol. The van der Waals surface area contributed by atoms with Crippen molar-refractivity contribution in [2.75, 3.05) is 19.6 Å². The number of Topliss-reactive ketones (excluding diaryl/α,β-unsaturated/α-hetero) is 1. The fraction of sp³-hybridized carbons (Fsp3) is 0.619. The van der Waals surface area contributed by atoms with Crippen LogP contribution in [0.25, 0.3) is 0 Å². The zero-order valence-electron chi connectivity index (χ0n) is 15.8. The molecule has 0 N–H and O–H groups in total. The lowest BCUT2D eigenvalue weighted by molar-refractivity contribution is 0.0322. The molecule has 0 amide bonds. The molecule has 0 bridgehead atoms. The topological polar surface area (TPSA) is 42.3 Å². The third-order valence-corrected chi connectivity index (χ3v) is 5.64. The molecule has 1 aromatic rings. The van der Waals surface area contributed by atoms with E-state index in [1.165, 1.54) is 39.0 Å². The van der Waals surface area contributed by atoms with E-state index in [2.05, 4.69) is 16.7 Å². The first-order valence-electron chi connectivity index (χ1n) is 9.27. The van der Waals surface area contributed by atoms with E-state index in [1.54, 1.807) is 22.9 Å². The van der Waals surface area contributed by atoms with E-state index in [0.29, 0.717) is 17.5 Å². The standard InChI is InChI=1S/C17H24N2O2.C4H6/c1-14(20)15-4-2-9-19(16(15)21)13-12-18-10-7-17(8-11-18)5-3-6-17;1-3-4-2/h2,4,9H,3,5-8,10-13H2,1H3;1-2H3. The van der Waals surface area contributed by atoms with Crippen LogP contribution in [0.1, 0.15) is 63.2 Å². The Hall–Kier alpha value is -1.86. The molecule has 4 nitrogen and oxygen atoms in total. The van der Waals surface area contributed by atoms with Gasteiger partial charge < -0.3 is 9.47 Å². The smallest absolute Gasteiger partial charge is 0.261 e. The third kappa shape index (κ3) is 5.06. The molecule has 1 aliphatic carbocycles. The number of aromatic nitrogens is 1. The maximum atomic E-state index is 12.2. The van der Waals surface area contributed by atoms with Gasteiger partial charge >= 0.3 is 0 Å².